The van der Waals surface area contributed by atoms with E-state index in [-0.39, 0.29) is 10.3 Å². The van der Waals surface area contributed by atoms with Crippen LogP contribution >= 0.6 is 28.6 Å². The van der Waals surface area contributed by atoms with Crippen LogP contribution in [0.2, 0.25) is 0 Å². The van der Waals surface area contributed by atoms with Crippen LogP contribution in [-0.4, -0.2) is 9.91 Å². The summed E-state index contributed by atoms with van der Waals surface area (Å²) >= 11 is 6.85. The van der Waals surface area contributed by atoms with Crippen molar-refractivity contribution in [3.8, 4) is 0 Å². The molecule has 6 heteroatoms. The molecule has 58 valence electrons. The van der Waals surface area contributed by atoms with E-state index < -0.39 is 4.92 Å². The molecule has 1 aromatic heterocycles. The van der Waals surface area contributed by atoms with Crippen LogP contribution in [0.4, 0.5) is 5.69 Å². The Kier molecular flexibility index (Phi) is 2.45. The first-order valence-corrected chi connectivity index (χ1v) is 3.84. The molecule has 0 aliphatic heterocycles. The van der Waals surface area contributed by atoms with Crippen molar-refractivity contribution in [2.45, 2.75) is 4.90 Å². The van der Waals surface area contributed by atoms with Crippen LogP contribution in [0.3, 0.4) is 0 Å². The Morgan fingerprint density at radius 1 is 1.73 bits per heavy atom. The van der Waals surface area contributed by atoms with Crippen LogP contribution in [0.5, 0.6) is 0 Å². The van der Waals surface area contributed by atoms with E-state index in [0.717, 1.165) is 0 Å². The molecular weight excluding hydrogens is 232 g/mol. The molecule has 1 aromatic rings. The van der Waals surface area contributed by atoms with Crippen LogP contribution in [-0.2, 0) is 0 Å². The summed E-state index contributed by atoms with van der Waals surface area (Å²) in [7, 11) is 0. The molecule has 0 spiro atoms. The first kappa shape index (κ1) is 8.48. The van der Waals surface area contributed by atoms with Gasteiger partial charge in [-0.25, -0.2) is 4.98 Å². The summed E-state index contributed by atoms with van der Waals surface area (Å²) in [5.41, 5.74) is -0.0718. The van der Waals surface area contributed by atoms with E-state index in [1.54, 1.807) is 0 Å². The van der Waals surface area contributed by atoms with Crippen LogP contribution in [0.25, 0.3) is 0 Å². The lowest BCUT2D eigenvalue weighted by Gasteiger charge is -1.93. The average Bonchev–Trinajstić information content (AvgIpc) is 1.94. The van der Waals surface area contributed by atoms with Crippen molar-refractivity contribution in [2.75, 3.05) is 0 Å². The Hall–Kier alpha value is -0.620. The van der Waals surface area contributed by atoms with Crippen molar-refractivity contribution in [3.63, 3.8) is 0 Å². The van der Waals surface area contributed by atoms with Gasteiger partial charge in [0.25, 0.3) is 0 Å². The van der Waals surface area contributed by atoms with E-state index in [9.17, 15) is 10.1 Å². The van der Waals surface area contributed by atoms with Crippen LogP contribution in [0, 0.1) is 10.1 Å². The molecule has 0 N–H and O–H groups in total. The molecular formula is C5H3BrN2O2S. The molecule has 4 nitrogen and oxygen atoms in total. The largest absolute Gasteiger partial charge is 0.303 e. The highest BCUT2D eigenvalue weighted by Gasteiger charge is 2.12. The number of thiol groups is 1. The molecule has 1 heterocycles. The van der Waals surface area contributed by atoms with E-state index >= 15 is 0 Å². The molecule has 0 aliphatic rings. The predicted molar refractivity (Wildman–Crippen MR) is 45.8 cm³/mol. The minimum atomic E-state index is -0.517. The molecule has 0 atom stereocenters. The third kappa shape index (κ3) is 1.90. The second-order valence-electron chi connectivity index (χ2n) is 1.76. The van der Waals surface area contributed by atoms with Crippen molar-refractivity contribution >= 4 is 34.2 Å². The smallest absolute Gasteiger partial charge is 0.258 e. The Morgan fingerprint density at radius 2 is 2.36 bits per heavy atom. The van der Waals surface area contributed by atoms with Gasteiger partial charge in [0.15, 0.2) is 4.60 Å². The van der Waals surface area contributed by atoms with Crippen molar-refractivity contribution in [2.24, 2.45) is 0 Å². The number of pyridine rings is 1. The van der Waals surface area contributed by atoms with Gasteiger partial charge in [-0.2, -0.15) is 0 Å². The van der Waals surface area contributed by atoms with Gasteiger partial charge in [-0.15, -0.1) is 12.6 Å². The van der Waals surface area contributed by atoms with E-state index in [0.29, 0.717) is 4.90 Å². The zero-order chi connectivity index (χ0) is 8.43. The lowest BCUT2D eigenvalue weighted by Crippen LogP contribution is -1.90. The monoisotopic (exact) mass is 234 g/mol. The van der Waals surface area contributed by atoms with Gasteiger partial charge in [0.1, 0.15) is 0 Å². The van der Waals surface area contributed by atoms with Crippen LogP contribution < -0.4 is 0 Å². The van der Waals surface area contributed by atoms with Gasteiger partial charge in [-0.3, -0.25) is 10.1 Å². The Morgan fingerprint density at radius 3 is 2.82 bits per heavy atom. The zero-order valence-electron chi connectivity index (χ0n) is 5.19. The van der Waals surface area contributed by atoms with Gasteiger partial charge in [0.2, 0.25) is 0 Å². The summed E-state index contributed by atoms with van der Waals surface area (Å²) in [6.07, 6.45) is 1.43. The number of hydrogen-bond donors (Lipinski definition) is 1. The van der Waals surface area contributed by atoms with Crippen LogP contribution in [0.15, 0.2) is 21.8 Å². The number of halogens is 1. The van der Waals surface area contributed by atoms with Crippen molar-refractivity contribution in [3.05, 3.63) is 27.0 Å². The lowest BCUT2D eigenvalue weighted by atomic mass is 10.4. The normalized spacial score (nSPS) is 9.64. The molecule has 0 saturated carbocycles. The summed E-state index contributed by atoms with van der Waals surface area (Å²) in [6, 6.07) is 1.33. The maximum absolute atomic E-state index is 10.3. The van der Waals surface area contributed by atoms with E-state index in [2.05, 4.69) is 33.5 Å². The number of nitrogens with zero attached hydrogens (tertiary/aromatic N) is 2. The molecule has 0 unspecified atom stereocenters. The fourth-order valence-corrected chi connectivity index (χ4v) is 1.10. The summed E-state index contributed by atoms with van der Waals surface area (Å²) < 4.78 is 0.223. The summed E-state index contributed by atoms with van der Waals surface area (Å²) in [5.74, 6) is 0. The summed E-state index contributed by atoms with van der Waals surface area (Å²) in [4.78, 5) is 13.9. The Balaban J connectivity index is 3.23. The fraction of sp³-hybridized carbons (Fsp3) is 0. The molecule has 0 fully saturated rings. The number of aromatic nitrogens is 1. The molecule has 0 amide bonds. The third-order valence-electron chi connectivity index (χ3n) is 1.00. The molecule has 0 aromatic carbocycles. The summed E-state index contributed by atoms with van der Waals surface area (Å²) in [6.45, 7) is 0. The van der Waals surface area contributed by atoms with Crippen molar-refractivity contribution in [1.29, 1.82) is 0 Å². The van der Waals surface area contributed by atoms with Gasteiger partial charge >= 0.3 is 5.69 Å². The highest BCUT2D eigenvalue weighted by Crippen LogP contribution is 2.23. The first-order chi connectivity index (χ1) is 5.11. The number of nitro groups is 1. The first-order valence-electron chi connectivity index (χ1n) is 2.60. The topological polar surface area (TPSA) is 56.0 Å². The minimum Gasteiger partial charge on any atom is -0.258 e. The van der Waals surface area contributed by atoms with Gasteiger partial charge in [0.05, 0.1) is 4.92 Å². The Labute approximate surface area is 76.3 Å². The zero-order valence-corrected chi connectivity index (χ0v) is 7.67. The molecule has 0 bridgehead atoms. The van der Waals surface area contributed by atoms with Gasteiger partial charge < -0.3 is 0 Å². The predicted octanol–water partition coefficient (Wildman–Crippen LogP) is 2.04. The van der Waals surface area contributed by atoms with Crippen molar-refractivity contribution < 1.29 is 4.92 Å². The minimum absolute atomic E-state index is 0.0718. The van der Waals surface area contributed by atoms with Gasteiger partial charge in [-0.05, 0) is 15.9 Å². The third-order valence-corrected chi connectivity index (χ3v) is 1.86. The highest BCUT2D eigenvalue weighted by atomic mass is 79.9. The van der Waals surface area contributed by atoms with E-state index in [4.69, 9.17) is 0 Å². The number of rotatable bonds is 1. The summed E-state index contributed by atoms with van der Waals surface area (Å²) in [5, 5.41) is 10.3. The maximum Gasteiger partial charge on any atom is 0.303 e. The second-order valence-corrected chi connectivity index (χ2v) is 3.03. The maximum atomic E-state index is 10.3. The Bertz CT molecular complexity index is 305. The quantitative estimate of drug-likeness (QED) is 0.350. The number of hydrogen-bond acceptors (Lipinski definition) is 4. The second kappa shape index (κ2) is 3.19. The lowest BCUT2D eigenvalue weighted by molar-refractivity contribution is -0.386. The van der Waals surface area contributed by atoms with E-state index in [1.807, 2.05) is 0 Å². The van der Waals surface area contributed by atoms with E-state index in [1.165, 1.54) is 12.3 Å². The molecule has 0 aliphatic carbocycles. The van der Waals surface area contributed by atoms with Gasteiger partial charge in [0, 0.05) is 17.2 Å². The highest BCUT2D eigenvalue weighted by molar-refractivity contribution is 9.10. The van der Waals surface area contributed by atoms with Gasteiger partial charge in [-0.1, -0.05) is 0 Å². The molecule has 0 saturated heterocycles. The van der Waals surface area contributed by atoms with Crippen LogP contribution in [0.1, 0.15) is 0 Å². The molecule has 0 radical (unpaired) electrons. The average molecular weight is 235 g/mol. The fourth-order valence-electron chi connectivity index (χ4n) is 0.554. The standard InChI is InChI=1S/C5H3BrN2O2S/c6-5-4(8(9)10)1-3(11)2-7-5/h1-2,11H. The SMILES string of the molecule is O=[N+]([O-])c1cc(S)cnc1Br. The molecule has 1 rings (SSSR count). The molecule has 11 heavy (non-hydrogen) atoms. The van der Waals surface area contributed by atoms with Crippen molar-refractivity contribution in [1.82, 2.24) is 4.98 Å².